The number of amides is 2. The van der Waals surface area contributed by atoms with Gasteiger partial charge in [0.05, 0.1) is 17.5 Å². The van der Waals surface area contributed by atoms with E-state index in [1.807, 2.05) is 17.5 Å². The number of benzene rings is 1. The number of esters is 1. The lowest BCUT2D eigenvalue weighted by Crippen LogP contribution is -2.41. The highest BCUT2D eigenvalue weighted by atomic mass is 32.1. The van der Waals surface area contributed by atoms with E-state index in [-0.39, 0.29) is 30.0 Å². The van der Waals surface area contributed by atoms with E-state index < -0.39 is 23.6 Å². The van der Waals surface area contributed by atoms with Crippen LogP contribution >= 0.6 is 11.3 Å². The summed E-state index contributed by atoms with van der Waals surface area (Å²) in [5.74, 6) is -1.46. The van der Waals surface area contributed by atoms with Crippen molar-refractivity contribution in [1.82, 2.24) is 9.80 Å². The van der Waals surface area contributed by atoms with Crippen LogP contribution in [0.1, 0.15) is 52.5 Å². The van der Waals surface area contributed by atoms with Crippen molar-refractivity contribution >= 4 is 29.1 Å². The Morgan fingerprint density at radius 3 is 2.32 bits per heavy atom. The normalized spacial score (nSPS) is 19.3. The monoisotopic (exact) mass is 494 g/mol. The molecule has 3 heterocycles. The zero-order valence-corrected chi connectivity index (χ0v) is 19.2. The number of likely N-dealkylation sites (tertiary alicyclic amines) is 2. The lowest BCUT2D eigenvalue weighted by atomic mass is 9.96. The fourth-order valence-corrected chi connectivity index (χ4v) is 5.35. The van der Waals surface area contributed by atoms with Crippen LogP contribution in [-0.2, 0) is 20.5 Å². The average Bonchev–Trinajstić information content (AvgIpc) is 3.53. The summed E-state index contributed by atoms with van der Waals surface area (Å²) >= 11 is 1.61. The Balaban J connectivity index is 1.24. The van der Waals surface area contributed by atoms with Crippen molar-refractivity contribution in [3.63, 3.8) is 0 Å². The van der Waals surface area contributed by atoms with Crippen LogP contribution in [0.5, 0.6) is 0 Å². The standard InChI is InChI=1S/C24H25F3N2O4S/c25-24(26,27)18-7-5-16(6-8-18)22(31)28-12-9-17(10-13-28)23(32)33-15-21(30)29-11-1-3-19(29)20-4-2-14-34-20/h2,4-8,14,17,19H,1,3,9-13,15H2. The van der Waals surface area contributed by atoms with Crippen LogP contribution in [0.25, 0.3) is 0 Å². The molecule has 0 radical (unpaired) electrons. The molecule has 10 heteroatoms. The number of piperidine rings is 1. The molecule has 182 valence electrons. The summed E-state index contributed by atoms with van der Waals surface area (Å²) in [5, 5.41) is 1.98. The first kappa shape index (κ1) is 24.3. The van der Waals surface area contributed by atoms with Gasteiger partial charge in [-0.05, 0) is 61.4 Å². The van der Waals surface area contributed by atoms with Crippen LogP contribution in [0.4, 0.5) is 13.2 Å². The molecule has 6 nitrogen and oxygen atoms in total. The zero-order valence-electron chi connectivity index (χ0n) is 18.4. The summed E-state index contributed by atoms with van der Waals surface area (Å²) in [4.78, 5) is 42.2. The van der Waals surface area contributed by atoms with Crippen LogP contribution in [0, 0.1) is 5.92 Å². The van der Waals surface area contributed by atoms with Crippen LogP contribution in [-0.4, -0.2) is 53.8 Å². The zero-order chi connectivity index (χ0) is 24.3. The first-order valence-corrected chi connectivity index (χ1v) is 12.1. The van der Waals surface area contributed by atoms with Gasteiger partial charge in [0.2, 0.25) is 0 Å². The van der Waals surface area contributed by atoms with Gasteiger partial charge in [-0.2, -0.15) is 13.2 Å². The topological polar surface area (TPSA) is 66.9 Å². The van der Waals surface area contributed by atoms with Gasteiger partial charge >= 0.3 is 12.1 Å². The Hall–Kier alpha value is -2.88. The Bertz CT molecular complexity index is 1020. The van der Waals surface area contributed by atoms with Gasteiger partial charge in [-0.15, -0.1) is 11.3 Å². The van der Waals surface area contributed by atoms with Gasteiger partial charge < -0.3 is 14.5 Å². The molecule has 1 aromatic carbocycles. The van der Waals surface area contributed by atoms with E-state index >= 15 is 0 Å². The Morgan fingerprint density at radius 1 is 1.00 bits per heavy atom. The van der Waals surface area contributed by atoms with Crippen molar-refractivity contribution in [2.45, 2.75) is 37.9 Å². The maximum Gasteiger partial charge on any atom is 0.416 e. The molecule has 2 aromatic rings. The molecule has 0 aliphatic carbocycles. The highest BCUT2D eigenvalue weighted by molar-refractivity contribution is 7.10. The Kier molecular flexibility index (Phi) is 7.25. The Morgan fingerprint density at radius 2 is 1.71 bits per heavy atom. The molecule has 34 heavy (non-hydrogen) atoms. The predicted octanol–water partition coefficient (Wildman–Crippen LogP) is 4.53. The molecule has 2 fully saturated rings. The molecule has 2 saturated heterocycles. The number of thiophene rings is 1. The molecule has 2 aliphatic rings. The molecule has 0 spiro atoms. The molecule has 1 atom stereocenters. The number of carbonyl (C=O) groups excluding carboxylic acids is 3. The third kappa shape index (κ3) is 5.43. The minimum Gasteiger partial charge on any atom is -0.455 e. The number of ether oxygens (including phenoxy) is 1. The predicted molar refractivity (Wildman–Crippen MR) is 119 cm³/mol. The molecule has 1 unspecified atom stereocenters. The Labute approximate surface area is 199 Å². The van der Waals surface area contributed by atoms with Crippen molar-refractivity contribution in [3.8, 4) is 0 Å². The lowest BCUT2D eigenvalue weighted by Gasteiger charge is -2.31. The molecule has 0 saturated carbocycles. The van der Waals surface area contributed by atoms with Crippen molar-refractivity contribution in [3.05, 3.63) is 57.8 Å². The maximum atomic E-state index is 12.7. The number of alkyl halides is 3. The second-order valence-electron chi connectivity index (χ2n) is 8.51. The summed E-state index contributed by atoms with van der Waals surface area (Å²) in [5.41, 5.74) is -0.638. The first-order chi connectivity index (χ1) is 16.2. The maximum absolute atomic E-state index is 12.7. The minimum absolute atomic E-state index is 0.0330. The second kappa shape index (κ2) is 10.2. The number of hydrogen-bond acceptors (Lipinski definition) is 5. The lowest BCUT2D eigenvalue weighted by molar-refractivity contribution is -0.157. The summed E-state index contributed by atoms with van der Waals surface area (Å²) in [6, 6.07) is 8.10. The first-order valence-electron chi connectivity index (χ1n) is 11.2. The SMILES string of the molecule is O=C(OCC(=O)N1CCCC1c1cccs1)C1CCN(C(=O)c2ccc(C(F)(F)F)cc2)CC1. The van der Waals surface area contributed by atoms with E-state index in [4.69, 9.17) is 4.74 Å². The molecule has 0 bridgehead atoms. The van der Waals surface area contributed by atoms with Gasteiger partial charge in [0.1, 0.15) is 0 Å². The molecular weight excluding hydrogens is 469 g/mol. The highest BCUT2D eigenvalue weighted by Gasteiger charge is 2.34. The fourth-order valence-electron chi connectivity index (χ4n) is 4.48. The summed E-state index contributed by atoms with van der Waals surface area (Å²) in [6.45, 7) is 0.926. The average molecular weight is 495 g/mol. The fraction of sp³-hybridized carbons (Fsp3) is 0.458. The van der Waals surface area contributed by atoms with E-state index in [1.54, 1.807) is 16.2 Å². The van der Waals surface area contributed by atoms with Crippen molar-refractivity contribution in [2.75, 3.05) is 26.2 Å². The molecule has 4 rings (SSSR count). The summed E-state index contributed by atoms with van der Waals surface area (Å²) in [6.07, 6.45) is -1.90. The van der Waals surface area contributed by atoms with Gasteiger partial charge in [-0.1, -0.05) is 6.07 Å². The summed E-state index contributed by atoms with van der Waals surface area (Å²) < 4.78 is 43.5. The minimum atomic E-state index is -4.46. The number of nitrogens with zero attached hydrogens (tertiary/aromatic N) is 2. The van der Waals surface area contributed by atoms with Gasteiger partial charge in [-0.3, -0.25) is 14.4 Å². The van der Waals surface area contributed by atoms with Gasteiger partial charge in [-0.25, -0.2) is 0 Å². The van der Waals surface area contributed by atoms with Crippen LogP contribution < -0.4 is 0 Å². The van der Waals surface area contributed by atoms with Gasteiger partial charge in [0, 0.05) is 30.1 Å². The molecule has 2 aliphatic heterocycles. The quantitative estimate of drug-likeness (QED) is 0.573. The number of halogens is 3. The molecule has 0 N–H and O–H groups in total. The smallest absolute Gasteiger partial charge is 0.416 e. The van der Waals surface area contributed by atoms with Crippen molar-refractivity contribution in [2.24, 2.45) is 5.92 Å². The van der Waals surface area contributed by atoms with Gasteiger partial charge in [0.15, 0.2) is 6.61 Å². The molecular formula is C24H25F3N2O4S. The van der Waals surface area contributed by atoms with E-state index in [1.165, 1.54) is 17.0 Å². The van der Waals surface area contributed by atoms with Crippen molar-refractivity contribution in [1.29, 1.82) is 0 Å². The second-order valence-corrected chi connectivity index (χ2v) is 9.49. The highest BCUT2D eigenvalue weighted by Crippen LogP contribution is 2.34. The van der Waals surface area contributed by atoms with E-state index in [0.29, 0.717) is 32.5 Å². The van der Waals surface area contributed by atoms with Crippen LogP contribution in [0.15, 0.2) is 41.8 Å². The number of carbonyl (C=O) groups is 3. The number of hydrogen-bond donors (Lipinski definition) is 0. The largest absolute Gasteiger partial charge is 0.455 e. The molecule has 2 amide bonds. The third-order valence-electron chi connectivity index (χ3n) is 6.36. The van der Waals surface area contributed by atoms with E-state index in [0.717, 1.165) is 29.9 Å². The van der Waals surface area contributed by atoms with Gasteiger partial charge in [0.25, 0.3) is 11.8 Å². The number of rotatable bonds is 5. The van der Waals surface area contributed by atoms with E-state index in [2.05, 4.69) is 0 Å². The third-order valence-corrected chi connectivity index (χ3v) is 7.33. The van der Waals surface area contributed by atoms with Crippen LogP contribution in [0.3, 0.4) is 0 Å². The molecule has 1 aromatic heterocycles. The van der Waals surface area contributed by atoms with Crippen LogP contribution in [0.2, 0.25) is 0 Å². The summed E-state index contributed by atoms with van der Waals surface area (Å²) in [7, 11) is 0. The van der Waals surface area contributed by atoms with E-state index in [9.17, 15) is 27.6 Å². The van der Waals surface area contributed by atoms with Crippen molar-refractivity contribution < 1.29 is 32.3 Å².